The van der Waals surface area contributed by atoms with Gasteiger partial charge in [-0.3, -0.25) is 5.32 Å². The van der Waals surface area contributed by atoms with Gasteiger partial charge in [-0.1, -0.05) is 0 Å². The lowest BCUT2D eigenvalue weighted by Gasteiger charge is -2.18. The van der Waals surface area contributed by atoms with E-state index in [2.05, 4.69) is 5.73 Å². The van der Waals surface area contributed by atoms with Crippen LogP contribution in [0.5, 0.6) is 0 Å². The zero-order valence-electron chi connectivity index (χ0n) is 4.88. The highest BCUT2D eigenvalue weighted by atomic mass is 19.4. The Kier molecular flexibility index (Phi) is 2.27. The molecule has 8 heteroatoms. The quantitative estimate of drug-likeness (QED) is 0.453. The number of nitrogens with two attached hydrogens (primary N) is 1. The van der Waals surface area contributed by atoms with Crippen molar-refractivity contribution >= 4 is 6.03 Å². The molecule has 0 saturated carbocycles. The van der Waals surface area contributed by atoms with Gasteiger partial charge in [-0.25, -0.2) is 4.79 Å². The SMILES string of the molecule is NC(=O)NC(F)(F)C(F)(F)F. The largest absolute Gasteiger partial charge is 0.475 e. The highest BCUT2D eigenvalue weighted by Gasteiger charge is 2.58. The van der Waals surface area contributed by atoms with Crippen molar-refractivity contribution in [2.45, 2.75) is 12.2 Å². The summed E-state index contributed by atoms with van der Waals surface area (Å²) in [5.41, 5.74) is 4.05. The number of carbonyl (C=O) groups excluding carboxylic acids is 1. The maximum absolute atomic E-state index is 11.6. The van der Waals surface area contributed by atoms with Crippen molar-refractivity contribution < 1.29 is 26.7 Å². The third-order valence-electron chi connectivity index (χ3n) is 0.636. The Bertz CT molecular complexity index is 164. The molecule has 3 nitrogen and oxygen atoms in total. The molecule has 66 valence electrons. The van der Waals surface area contributed by atoms with Crippen LogP contribution < -0.4 is 11.1 Å². The van der Waals surface area contributed by atoms with Gasteiger partial charge in [0.05, 0.1) is 0 Å². The summed E-state index contributed by atoms with van der Waals surface area (Å²) in [5, 5.41) is 0.240. The summed E-state index contributed by atoms with van der Waals surface area (Å²) in [6.45, 7) is 0. The van der Waals surface area contributed by atoms with E-state index in [0.29, 0.717) is 0 Å². The number of amides is 2. The molecule has 0 unspecified atom stereocenters. The van der Waals surface area contributed by atoms with Crippen LogP contribution in [0.2, 0.25) is 0 Å². The van der Waals surface area contributed by atoms with Crippen LogP contribution in [0, 0.1) is 0 Å². The van der Waals surface area contributed by atoms with Crippen molar-refractivity contribution in [1.29, 1.82) is 0 Å². The summed E-state index contributed by atoms with van der Waals surface area (Å²) in [6, 6.07) is -7.20. The minimum atomic E-state index is -5.82. The molecule has 0 aromatic carbocycles. The average Bonchev–Trinajstić information content (AvgIpc) is 1.56. The molecule has 0 spiro atoms. The summed E-state index contributed by atoms with van der Waals surface area (Å²) >= 11 is 0. The fraction of sp³-hybridized carbons (Fsp3) is 0.667. The minimum Gasteiger partial charge on any atom is -0.352 e. The lowest BCUT2D eigenvalue weighted by atomic mass is 10.5. The molecular formula is C3H3F5N2O. The van der Waals surface area contributed by atoms with Gasteiger partial charge in [0.25, 0.3) is 0 Å². The molecule has 0 fully saturated rings. The molecule has 0 bridgehead atoms. The number of hydrogen-bond acceptors (Lipinski definition) is 1. The summed E-state index contributed by atoms with van der Waals surface area (Å²) in [7, 11) is 0. The van der Waals surface area contributed by atoms with Gasteiger partial charge < -0.3 is 5.73 Å². The topological polar surface area (TPSA) is 55.1 Å². The van der Waals surface area contributed by atoms with Crippen molar-refractivity contribution in [2.75, 3.05) is 0 Å². The van der Waals surface area contributed by atoms with E-state index in [1.165, 1.54) is 0 Å². The van der Waals surface area contributed by atoms with Gasteiger partial charge in [0, 0.05) is 0 Å². The van der Waals surface area contributed by atoms with Crippen molar-refractivity contribution in [3.05, 3.63) is 0 Å². The van der Waals surface area contributed by atoms with Gasteiger partial charge >= 0.3 is 18.3 Å². The number of halogens is 5. The fourth-order valence-corrected chi connectivity index (χ4v) is 0.226. The number of urea groups is 1. The highest BCUT2D eigenvalue weighted by Crippen LogP contribution is 2.32. The zero-order valence-corrected chi connectivity index (χ0v) is 4.88. The van der Waals surface area contributed by atoms with Crippen LogP contribution in [-0.4, -0.2) is 18.3 Å². The summed E-state index contributed by atoms with van der Waals surface area (Å²) in [6.07, 6.45) is -5.82. The maximum Gasteiger partial charge on any atom is 0.475 e. The van der Waals surface area contributed by atoms with E-state index in [0.717, 1.165) is 0 Å². The van der Waals surface area contributed by atoms with Crippen LogP contribution in [0.15, 0.2) is 0 Å². The van der Waals surface area contributed by atoms with E-state index in [-0.39, 0.29) is 5.32 Å². The monoisotopic (exact) mass is 178 g/mol. The van der Waals surface area contributed by atoms with Gasteiger partial charge in [-0.15, -0.1) is 0 Å². The standard InChI is InChI=1S/C3H3F5N2O/c4-2(5,6)3(7,8)10-1(9)11/h(H3,9,10,11). The first kappa shape index (κ1) is 9.92. The van der Waals surface area contributed by atoms with Crippen molar-refractivity contribution in [3.8, 4) is 0 Å². The average molecular weight is 178 g/mol. The number of hydrogen-bond donors (Lipinski definition) is 2. The van der Waals surface area contributed by atoms with Crippen molar-refractivity contribution in [2.24, 2.45) is 5.73 Å². The third-order valence-corrected chi connectivity index (χ3v) is 0.636. The second-order valence-corrected chi connectivity index (χ2v) is 1.56. The van der Waals surface area contributed by atoms with E-state index in [1.54, 1.807) is 0 Å². The number of nitrogens with one attached hydrogen (secondary N) is 1. The first-order chi connectivity index (χ1) is 4.67. The van der Waals surface area contributed by atoms with Crippen LogP contribution in [0.3, 0.4) is 0 Å². The molecule has 0 aliphatic carbocycles. The first-order valence-corrected chi connectivity index (χ1v) is 2.19. The molecule has 0 aliphatic heterocycles. The van der Waals surface area contributed by atoms with Crippen molar-refractivity contribution in [1.82, 2.24) is 5.32 Å². The van der Waals surface area contributed by atoms with E-state index < -0.39 is 18.3 Å². The van der Waals surface area contributed by atoms with E-state index in [4.69, 9.17) is 0 Å². The van der Waals surface area contributed by atoms with Gasteiger partial charge in [0.15, 0.2) is 0 Å². The summed E-state index contributed by atoms with van der Waals surface area (Å²) < 4.78 is 56.8. The molecule has 0 heterocycles. The van der Waals surface area contributed by atoms with Crippen LogP contribution in [0.4, 0.5) is 26.7 Å². The van der Waals surface area contributed by atoms with Crippen LogP contribution in [0.25, 0.3) is 0 Å². The second-order valence-electron chi connectivity index (χ2n) is 1.56. The van der Waals surface area contributed by atoms with Gasteiger partial charge in [-0.05, 0) is 0 Å². The zero-order chi connectivity index (χ0) is 9.28. The molecule has 0 atom stereocenters. The molecule has 0 rings (SSSR count). The molecule has 2 amide bonds. The first-order valence-electron chi connectivity index (χ1n) is 2.19. The van der Waals surface area contributed by atoms with Gasteiger partial charge in [0.2, 0.25) is 0 Å². The molecule has 3 N–H and O–H groups in total. The lowest BCUT2D eigenvalue weighted by molar-refractivity contribution is -0.289. The number of alkyl halides is 5. The Hall–Kier alpha value is -1.08. The number of primary amides is 1. The minimum absolute atomic E-state index is 0.240. The number of carbonyl (C=O) groups is 1. The van der Waals surface area contributed by atoms with E-state index in [1.807, 2.05) is 0 Å². The molecule has 0 radical (unpaired) electrons. The smallest absolute Gasteiger partial charge is 0.352 e. The molecule has 0 aromatic rings. The molecule has 0 aromatic heterocycles. The van der Waals surface area contributed by atoms with E-state index >= 15 is 0 Å². The van der Waals surface area contributed by atoms with E-state index in [9.17, 15) is 26.7 Å². The maximum atomic E-state index is 11.6. The molecule has 0 saturated heterocycles. The molecule has 11 heavy (non-hydrogen) atoms. The normalized spacial score (nSPS) is 12.8. The van der Waals surface area contributed by atoms with Crippen LogP contribution in [-0.2, 0) is 0 Å². The lowest BCUT2D eigenvalue weighted by Crippen LogP contribution is -2.53. The Morgan fingerprint density at radius 2 is 1.55 bits per heavy atom. The highest BCUT2D eigenvalue weighted by molar-refractivity contribution is 5.72. The predicted octanol–water partition coefficient (Wildman–Crippen LogP) is 0.810. The summed E-state index contributed by atoms with van der Waals surface area (Å²) in [4.78, 5) is 9.59. The molecular weight excluding hydrogens is 175 g/mol. The predicted molar refractivity (Wildman–Crippen MR) is 23.7 cm³/mol. The second kappa shape index (κ2) is 2.51. The fourth-order valence-electron chi connectivity index (χ4n) is 0.226. The van der Waals surface area contributed by atoms with Crippen molar-refractivity contribution in [3.63, 3.8) is 0 Å². The Labute approximate surface area is 57.3 Å². The third kappa shape index (κ3) is 2.56. The summed E-state index contributed by atoms with van der Waals surface area (Å²) in [5.74, 6) is 0. The van der Waals surface area contributed by atoms with Gasteiger partial charge in [0.1, 0.15) is 0 Å². The van der Waals surface area contributed by atoms with Crippen LogP contribution >= 0.6 is 0 Å². The van der Waals surface area contributed by atoms with Crippen LogP contribution in [0.1, 0.15) is 0 Å². The Balaban J connectivity index is 4.34. The molecule has 0 aliphatic rings. The Morgan fingerprint density at radius 1 is 1.18 bits per heavy atom. The Morgan fingerprint density at radius 3 is 1.64 bits per heavy atom. The number of rotatable bonds is 1. The van der Waals surface area contributed by atoms with Gasteiger partial charge in [-0.2, -0.15) is 22.0 Å².